The van der Waals surface area contributed by atoms with Crippen molar-refractivity contribution < 1.29 is 13.2 Å². The Labute approximate surface area is 172 Å². The second kappa shape index (κ2) is 7.83. The van der Waals surface area contributed by atoms with E-state index in [2.05, 4.69) is 15.9 Å². The zero-order chi connectivity index (χ0) is 19.8. The van der Waals surface area contributed by atoms with E-state index in [0.29, 0.717) is 39.3 Å². The van der Waals surface area contributed by atoms with Crippen LogP contribution in [-0.4, -0.2) is 44.5 Å². The van der Waals surface area contributed by atoms with E-state index in [9.17, 15) is 8.42 Å². The van der Waals surface area contributed by atoms with Crippen LogP contribution in [0.3, 0.4) is 0 Å². The molecule has 0 radical (unpaired) electrons. The lowest BCUT2D eigenvalue weighted by molar-refractivity contribution is 0.263. The number of halogens is 2. The molecule has 0 aliphatic rings. The third-order valence-electron chi connectivity index (χ3n) is 4.12. The molecule has 0 unspecified atom stereocenters. The SMILES string of the molecule is Cc1ccc(S(=O)(=O)n2cc(OCCN(C)C)c3cc(Cl)cc(Br)c32)cc1. The molecule has 1 aromatic heterocycles. The summed E-state index contributed by atoms with van der Waals surface area (Å²) in [6.07, 6.45) is 1.51. The van der Waals surface area contributed by atoms with Crippen LogP contribution in [0.5, 0.6) is 5.75 Å². The van der Waals surface area contributed by atoms with E-state index in [1.165, 1.54) is 10.2 Å². The summed E-state index contributed by atoms with van der Waals surface area (Å²) in [4.78, 5) is 2.21. The van der Waals surface area contributed by atoms with Gasteiger partial charge in [0.1, 0.15) is 12.4 Å². The predicted octanol–water partition coefficient (Wildman–Crippen LogP) is 4.54. The van der Waals surface area contributed by atoms with Crippen molar-refractivity contribution in [3.63, 3.8) is 0 Å². The van der Waals surface area contributed by atoms with Gasteiger partial charge in [0.05, 0.1) is 16.6 Å². The maximum Gasteiger partial charge on any atom is 0.268 e. The van der Waals surface area contributed by atoms with Crippen molar-refractivity contribution in [2.45, 2.75) is 11.8 Å². The summed E-state index contributed by atoms with van der Waals surface area (Å²) >= 11 is 9.63. The first-order valence-electron chi connectivity index (χ1n) is 8.30. The van der Waals surface area contributed by atoms with Crippen molar-refractivity contribution in [2.24, 2.45) is 0 Å². The molecule has 0 fully saturated rings. The molecule has 0 saturated carbocycles. The van der Waals surface area contributed by atoms with E-state index < -0.39 is 10.0 Å². The number of fused-ring (bicyclic) bond motifs is 1. The quantitative estimate of drug-likeness (QED) is 0.529. The van der Waals surface area contributed by atoms with Crippen molar-refractivity contribution in [2.75, 3.05) is 27.2 Å². The second-order valence-corrected chi connectivity index (χ2v) is 9.65. The summed E-state index contributed by atoms with van der Waals surface area (Å²) in [6, 6.07) is 10.2. The summed E-state index contributed by atoms with van der Waals surface area (Å²) in [5.41, 5.74) is 1.49. The highest BCUT2D eigenvalue weighted by Gasteiger charge is 2.24. The average Bonchev–Trinajstić information content (AvgIpc) is 2.94. The second-order valence-electron chi connectivity index (χ2n) is 6.54. The molecule has 0 amide bonds. The van der Waals surface area contributed by atoms with Crippen molar-refractivity contribution in [3.05, 3.63) is 57.7 Å². The number of hydrogen-bond acceptors (Lipinski definition) is 4. The van der Waals surface area contributed by atoms with E-state index in [-0.39, 0.29) is 4.90 Å². The lowest BCUT2D eigenvalue weighted by Crippen LogP contribution is -2.19. The first-order chi connectivity index (χ1) is 12.7. The standard InChI is InChI=1S/C19H20BrClN2O3S/c1-13-4-6-15(7-5-13)27(24,25)23-12-18(26-9-8-22(2)3)16-10-14(21)11-17(20)19(16)23/h4-7,10-12H,8-9H2,1-3H3. The number of nitrogens with zero attached hydrogens (tertiary/aromatic N) is 2. The zero-order valence-electron chi connectivity index (χ0n) is 15.2. The first-order valence-corrected chi connectivity index (χ1v) is 10.9. The molecule has 5 nitrogen and oxygen atoms in total. The molecular formula is C19H20BrClN2O3S. The van der Waals surface area contributed by atoms with E-state index in [4.69, 9.17) is 16.3 Å². The summed E-state index contributed by atoms with van der Waals surface area (Å²) in [6.45, 7) is 3.05. The van der Waals surface area contributed by atoms with Crippen LogP contribution in [-0.2, 0) is 10.0 Å². The molecule has 0 aliphatic heterocycles. The molecule has 144 valence electrons. The fourth-order valence-electron chi connectivity index (χ4n) is 2.68. The Morgan fingerprint density at radius 2 is 1.85 bits per heavy atom. The smallest absolute Gasteiger partial charge is 0.268 e. The number of rotatable bonds is 6. The number of benzene rings is 2. The number of aromatic nitrogens is 1. The summed E-state index contributed by atoms with van der Waals surface area (Å²) in [5, 5.41) is 1.14. The zero-order valence-corrected chi connectivity index (χ0v) is 18.4. The number of likely N-dealkylation sites (N-methyl/N-ethyl adjacent to an activating group) is 1. The number of ether oxygens (including phenoxy) is 1. The monoisotopic (exact) mass is 470 g/mol. The Kier molecular flexibility index (Phi) is 5.86. The molecule has 0 atom stereocenters. The maximum atomic E-state index is 13.2. The minimum absolute atomic E-state index is 0.215. The van der Waals surface area contributed by atoms with Crippen LogP contribution >= 0.6 is 27.5 Å². The van der Waals surface area contributed by atoms with Crippen molar-refractivity contribution in [1.82, 2.24) is 8.87 Å². The van der Waals surface area contributed by atoms with Gasteiger partial charge >= 0.3 is 0 Å². The summed E-state index contributed by atoms with van der Waals surface area (Å²) in [5.74, 6) is 0.478. The van der Waals surface area contributed by atoms with E-state index in [1.807, 2.05) is 25.9 Å². The minimum Gasteiger partial charge on any atom is -0.490 e. The molecule has 0 saturated heterocycles. The van der Waals surface area contributed by atoms with Crippen LogP contribution in [0.4, 0.5) is 0 Å². The Morgan fingerprint density at radius 1 is 1.19 bits per heavy atom. The van der Waals surface area contributed by atoms with Crippen LogP contribution < -0.4 is 4.74 Å². The van der Waals surface area contributed by atoms with E-state index >= 15 is 0 Å². The van der Waals surface area contributed by atoms with Crippen molar-refractivity contribution in [1.29, 1.82) is 0 Å². The van der Waals surface area contributed by atoms with Crippen LogP contribution in [0.1, 0.15) is 5.56 Å². The molecule has 0 N–H and O–H groups in total. The molecule has 3 rings (SSSR count). The van der Waals surface area contributed by atoms with Gasteiger partial charge < -0.3 is 9.64 Å². The van der Waals surface area contributed by atoms with Gasteiger partial charge in [-0.25, -0.2) is 12.4 Å². The van der Waals surface area contributed by atoms with Crippen LogP contribution in [0.25, 0.3) is 10.9 Å². The summed E-state index contributed by atoms with van der Waals surface area (Å²) in [7, 11) is 0.108. The predicted molar refractivity (Wildman–Crippen MR) is 112 cm³/mol. The van der Waals surface area contributed by atoms with Crippen molar-refractivity contribution in [3.8, 4) is 5.75 Å². The average molecular weight is 472 g/mol. The molecule has 0 spiro atoms. The van der Waals surface area contributed by atoms with Crippen LogP contribution in [0.15, 0.2) is 52.0 Å². The van der Waals surface area contributed by atoms with Gasteiger partial charge in [-0.2, -0.15) is 0 Å². The number of aryl methyl sites for hydroxylation is 1. The third kappa shape index (κ3) is 4.16. The van der Waals surface area contributed by atoms with Gasteiger partial charge in [0.15, 0.2) is 0 Å². The molecule has 1 heterocycles. The van der Waals surface area contributed by atoms with Gasteiger partial charge in [-0.1, -0.05) is 29.3 Å². The van der Waals surface area contributed by atoms with E-state index in [1.54, 1.807) is 36.4 Å². The van der Waals surface area contributed by atoms with Crippen LogP contribution in [0, 0.1) is 6.92 Å². The number of hydrogen-bond donors (Lipinski definition) is 0. The lowest BCUT2D eigenvalue weighted by Gasteiger charge is -2.10. The topological polar surface area (TPSA) is 51.5 Å². The first kappa shape index (κ1) is 20.2. The van der Waals surface area contributed by atoms with E-state index in [0.717, 1.165) is 5.56 Å². The van der Waals surface area contributed by atoms with Crippen LogP contribution in [0.2, 0.25) is 5.02 Å². The van der Waals surface area contributed by atoms with Gasteiger partial charge in [0.2, 0.25) is 0 Å². The normalized spacial score (nSPS) is 12.1. The minimum atomic E-state index is -3.79. The molecule has 2 aromatic carbocycles. The Balaban J connectivity index is 2.16. The van der Waals surface area contributed by atoms with Crippen molar-refractivity contribution >= 4 is 48.5 Å². The van der Waals surface area contributed by atoms with Gasteiger partial charge in [-0.05, 0) is 61.2 Å². The largest absolute Gasteiger partial charge is 0.490 e. The lowest BCUT2D eigenvalue weighted by atomic mass is 10.2. The molecule has 3 aromatic rings. The summed E-state index contributed by atoms with van der Waals surface area (Å²) < 4.78 is 34.2. The Bertz CT molecular complexity index is 1080. The van der Waals surface area contributed by atoms with Gasteiger partial charge in [-0.3, -0.25) is 0 Å². The van der Waals surface area contributed by atoms with Gasteiger partial charge in [0.25, 0.3) is 10.0 Å². The van der Waals surface area contributed by atoms with Gasteiger partial charge in [0, 0.05) is 21.4 Å². The fourth-order valence-corrected chi connectivity index (χ4v) is 5.18. The molecule has 0 aliphatic carbocycles. The Hall–Kier alpha value is -1.54. The third-order valence-corrected chi connectivity index (χ3v) is 6.62. The Morgan fingerprint density at radius 3 is 2.48 bits per heavy atom. The maximum absolute atomic E-state index is 13.2. The molecule has 8 heteroatoms. The molecular weight excluding hydrogens is 452 g/mol. The highest BCUT2D eigenvalue weighted by molar-refractivity contribution is 9.10. The molecule has 0 bridgehead atoms. The fraction of sp³-hybridized carbons (Fsp3) is 0.263. The highest BCUT2D eigenvalue weighted by atomic mass is 79.9. The molecule has 27 heavy (non-hydrogen) atoms. The highest BCUT2D eigenvalue weighted by Crippen LogP contribution is 2.38. The van der Waals surface area contributed by atoms with Gasteiger partial charge in [-0.15, -0.1) is 0 Å².